The van der Waals surface area contributed by atoms with E-state index in [4.69, 9.17) is 10.5 Å². The molecule has 4 nitrogen and oxygen atoms in total. The summed E-state index contributed by atoms with van der Waals surface area (Å²) in [6, 6.07) is 5.67. The number of nitrogens with zero attached hydrogens (tertiary/aromatic N) is 1. The van der Waals surface area contributed by atoms with E-state index in [2.05, 4.69) is 11.8 Å². The highest BCUT2D eigenvalue weighted by Gasteiger charge is 2.24. The number of rotatable bonds is 2. The zero-order valence-electron chi connectivity index (χ0n) is 12.7. The summed E-state index contributed by atoms with van der Waals surface area (Å²) in [4.78, 5) is 14.6. The van der Waals surface area contributed by atoms with Gasteiger partial charge in [-0.25, -0.2) is 0 Å². The maximum atomic E-state index is 12.7. The molecule has 21 heavy (non-hydrogen) atoms. The predicted molar refractivity (Wildman–Crippen MR) is 83.0 cm³/mol. The van der Waals surface area contributed by atoms with Crippen molar-refractivity contribution in [3.05, 3.63) is 34.9 Å². The Kier molecular flexibility index (Phi) is 5.38. The van der Waals surface area contributed by atoms with E-state index in [1.807, 2.05) is 30.0 Å². The van der Waals surface area contributed by atoms with Crippen molar-refractivity contribution in [2.45, 2.75) is 25.9 Å². The molecule has 2 rings (SSSR count). The van der Waals surface area contributed by atoms with Crippen molar-refractivity contribution in [2.24, 2.45) is 5.73 Å². The first-order valence-electron chi connectivity index (χ1n) is 7.28. The van der Waals surface area contributed by atoms with Crippen LogP contribution in [0.3, 0.4) is 0 Å². The van der Waals surface area contributed by atoms with Crippen LogP contribution in [0.4, 0.5) is 0 Å². The van der Waals surface area contributed by atoms with Gasteiger partial charge in [0.05, 0.1) is 12.6 Å². The molecule has 0 saturated carbocycles. The summed E-state index contributed by atoms with van der Waals surface area (Å²) in [5.41, 5.74) is 7.94. The Morgan fingerprint density at radius 1 is 1.43 bits per heavy atom. The first-order chi connectivity index (χ1) is 10.2. The molecule has 1 fully saturated rings. The third kappa shape index (κ3) is 3.63. The fourth-order valence-corrected chi connectivity index (χ4v) is 2.61. The van der Waals surface area contributed by atoms with Crippen LogP contribution in [0.1, 0.15) is 34.3 Å². The Bertz CT molecular complexity index is 564. The molecule has 0 radical (unpaired) electrons. The number of benzene rings is 1. The second kappa shape index (κ2) is 7.26. The molecule has 1 aromatic rings. The summed E-state index contributed by atoms with van der Waals surface area (Å²) in [6.07, 6.45) is 2.07. The monoisotopic (exact) mass is 286 g/mol. The molecule has 1 amide bonds. The van der Waals surface area contributed by atoms with Crippen LogP contribution in [0.2, 0.25) is 0 Å². The molecular weight excluding hydrogens is 264 g/mol. The molecule has 1 aliphatic heterocycles. The van der Waals surface area contributed by atoms with E-state index in [9.17, 15) is 4.79 Å². The summed E-state index contributed by atoms with van der Waals surface area (Å²) in [5, 5.41) is 0. The zero-order chi connectivity index (χ0) is 15.2. The van der Waals surface area contributed by atoms with Gasteiger partial charge in [-0.3, -0.25) is 4.79 Å². The van der Waals surface area contributed by atoms with Crippen LogP contribution >= 0.6 is 0 Å². The minimum absolute atomic E-state index is 0.0819. The van der Waals surface area contributed by atoms with E-state index in [1.165, 1.54) is 0 Å². The first kappa shape index (κ1) is 15.6. The standard InChI is InChI=1S/C17H22N2O2/c1-13-14(6-4-10-18)5-3-7-16(13)17(20)19-11-8-15(21-2)9-12-19/h3,5,7,15H,8-12,18H2,1-2H3. The van der Waals surface area contributed by atoms with Crippen molar-refractivity contribution in [2.75, 3.05) is 26.7 Å². The first-order valence-corrected chi connectivity index (χ1v) is 7.28. The van der Waals surface area contributed by atoms with Gasteiger partial charge in [0.1, 0.15) is 0 Å². The Morgan fingerprint density at radius 2 is 2.14 bits per heavy atom. The van der Waals surface area contributed by atoms with Crippen molar-refractivity contribution < 1.29 is 9.53 Å². The average molecular weight is 286 g/mol. The van der Waals surface area contributed by atoms with Crippen LogP contribution in [0.15, 0.2) is 18.2 Å². The number of piperidine rings is 1. The van der Waals surface area contributed by atoms with Gasteiger partial charge >= 0.3 is 0 Å². The van der Waals surface area contributed by atoms with Crippen LogP contribution < -0.4 is 5.73 Å². The maximum Gasteiger partial charge on any atom is 0.254 e. The molecule has 2 N–H and O–H groups in total. The summed E-state index contributed by atoms with van der Waals surface area (Å²) in [5.74, 6) is 5.94. The van der Waals surface area contributed by atoms with Crippen molar-refractivity contribution in [1.29, 1.82) is 0 Å². The second-order valence-corrected chi connectivity index (χ2v) is 5.21. The Hall–Kier alpha value is -1.83. The molecule has 0 aromatic heterocycles. The minimum atomic E-state index is 0.0819. The summed E-state index contributed by atoms with van der Waals surface area (Å²) >= 11 is 0. The number of methoxy groups -OCH3 is 1. The average Bonchev–Trinajstić information content (AvgIpc) is 2.53. The molecule has 0 spiro atoms. The number of nitrogens with two attached hydrogens (primary N) is 1. The number of amides is 1. The lowest BCUT2D eigenvalue weighted by Gasteiger charge is -2.31. The molecule has 1 heterocycles. The third-order valence-corrected chi connectivity index (χ3v) is 3.95. The van der Waals surface area contributed by atoms with Gasteiger partial charge in [-0.05, 0) is 37.5 Å². The fraction of sp³-hybridized carbons (Fsp3) is 0.471. The van der Waals surface area contributed by atoms with Crippen LogP contribution in [0.25, 0.3) is 0 Å². The lowest BCUT2D eigenvalue weighted by atomic mass is 10.00. The van der Waals surface area contributed by atoms with Gasteiger partial charge in [0.2, 0.25) is 0 Å². The number of hydrogen-bond donors (Lipinski definition) is 1. The summed E-state index contributed by atoms with van der Waals surface area (Å²) in [6.45, 7) is 3.75. The van der Waals surface area contributed by atoms with Crippen LogP contribution in [-0.4, -0.2) is 43.7 Å². The Morgan fingerprint density at radius 3 is 2.76 bits per heavy atom. The van der Waals surface area contributed by atoms with Gasteiger partial charge in [0, 0.05) is 31.3 Å². The number of hydrogen-bond acceptors (Lipinski definition) is 3. The van der Waals surface area contributed by atoms with Crippen LogP contribution in [0, 0.1) is 18.8 Å². The lowest BCUT2D eigenvalue weighted by Crippen LogP contribution is -2.40. The van der Waals surface area contributed by atoms with Gasteiger partial charge in [0.25, 0.3) is 5.91 Å². The van der Waals surface area contributed by atoms with Gasteiger partial charge in [-0.2, -0.15) is 0 Å². The third-order valence-electron chi connectivity index (χ3n) is 3.95. The molecule has 1 aliphatic rings. The molecule has 0 bridgehead atoms. The SMILES string of the molecule is COC1CCN(C(=O)c2cccc(C#CCN)c2C)CC1. The van der Waals surface area contributed by atoms with E-state index in [1.54, 1.807) is 7.11 Å². The number of carbonyl (C=O) groups is 1. The number of ether oxygens (including phenoxy) is 1. The van der Waals surface area contributed by atoms with Crippen LogP contribution in [-0.2, 0) is 4.74 Å². The molecule has 1 aromatic carbocycles. The minimum Gasteiger partial charge on any atom is -0.381 e. The molecule has 1 saturated heterocycles. The van der Waals surface area contributed by atoms with Gasteiger partial charge in [0.15, 0.2) is 0 Å². The maximum absolute atomic E-state index is 12.7. The van der Waals surface area contributed by atoms with E-state index in [-0.39, 0.29) is 12.0 Å². The summed E-state index contributed by atoms with van der Waals surface area (Å²) in [7, 11) is 1.73. The molecule has 0 unspecified atom stereocenters. The highest BCUT2D eigenvalue weighted by Crippen LogP contribution is 2.19. The van der Waals surface area contributed by atoms with E-state index >= 15 is 0 Å². The van der Waals surface area contributed by atoms with Gasteiger partial charge in [-0.15, -0.1) is 0 Å². The quantitative estimate of drug-likeness (QED) is 0.839. The number of carbonyl (C=O) groups excluding carboxylic acids is 1. The molecular formula is C17H22N2O2. The van der Waals surface area contributed by atoms with E-state index in [0.717, 1.165) is 42.6 Å². The fourth-order valence-electron chi connectivity index (χ4n) is 2.61. The number of likely N-dealkylation sites (tertiary alicyclic amines) is 1. The van der Waals surface area contributed by atoms with Gasteiger partial charge in [-0.1, -0.05) is 17.9 Å². The Labute approximate surface area is 126 Å². The van der Waals surface area contributed by atoms with Crippen molar-refractivity contribution in [1.82, 2.24) is 4.90 Å². The zero-order valence-corrected chi connectivity index (χ0v) is 12.7. The molecule has 112 valence electrons. The predicted octanol–water partition coefficient (Wildman–Crippen LogP) is 1.56. The van der Waals surface area contributed by atoms with Crippen molar-refractivity contribution in [3.63, 3.8) is 0 Å². The lowest BCUT2D eigenvalue weighted by molar-refractivity contribution is 0.0350. The normalized spacial score (nSPS) is 15.5. The molecule has 0 aliphatic carbocycles. The van der Waals surface area contributed by atoms with E-state index < -0.39 is 0 Å². The molecule has 0 atom stereocenters. The van der Waals surface area contributed by atoms with Crippen LogP contribution in [0.5, 0.6) is 0 Å². The van der Waals surface area contributed by atoms with Crippen molar-refractivity contribution >= 4 is 5.91 Å². The molecule has 4 heteroatoms. The highest BCUT2D eigenvalue weighted by molar-refractivity contribution is 5.96. The largest absolute Gasteiger partial charge is 0.381 e. The van der Waals surface area contributed by atoms with Gasteiger partial charge < -0.3 is 15.4 Å². The smallest absolute Gasteiger partial charge is 0.254 e. The topological polar surface area (TPSA) is 55.6 Å². The Balaban J connectivity index is 2.16. The highest BCUT2D eigenvalue weighted by atomic mass is 16.5. The summed E-state index contributed by atoms with van der Waals surface area (Å²) < 4.78 is 5.34. The van der Waals surface area contributed by atoms with E-state index in [0.29, 0.717) is 6.54 Å². The van der Waals surface area contributed by atoms with Crippen molar-refractivity contribution in [3.8, 4) is 11.8 Å². The second-order valence-electron chi connectivity index (χ2n) is 5.21.